The number of amides is 1. The van der Waals surface area contributed by atoms with Gasteiger partial charge in [0.05, 0.1) is 0 Å². The van der Waals surface area contributed by atoms with Crippen molar-refractivity contribution in [3.05, 3.63) is 36.0 Å². The van der Waals surface area contributed by atoms with Crippen LogP contribution in [0.3, 0.4) is 0 Å². The number of nitrogens with zero attached hydrogens (tertiary/aromatic N) is 1. The van der Waals surface area contributed by atoms with Crippen LogP contribution in [0.1, 0.15) is 18.9 Å². The minimum absolute atomic E-state index is 0.271. The Morgan fingerprint density at radius 2 is 2.30 bits per heavy atom. The summed E-state index contributed by atoms with van der Waals surface area (Å²) in [6, 6.07) is 8.83. The van der Waals surface area contributed by atoms with E-state index in [1.165, 1.54) is 10.9 Å². The van der Waals surface area contributed by atoms with E-state index in [9.17, 15) is 4.79 Å². The van der Waals surface area contributed by atoms with Gasteiger partial charge in [0.15, 0.2) is 0 Å². The summed E-state index contributed by atoms with van der Waals surface area (Å²) in [6.07, 6.45) is 3.36. The number of fused-ring (bicyclic) bond motifs is 1. The van der Waals surface area contributed by atoms with Gasteiger partial charge >= 0.3 is 0 Å². The third kappa shape index (κ3) is 2.85. The summed E-state index contributed by atoms with van der Waals surface area (Å²) in [7, 11) is 0. The second-order valence-corrected chi connectivity index (χ2v) is 5.59. The Kier molecular flexibility index (Phi) is 3.74. The molecule has 3 rings (SSSR count). The van der Waals surface area contributed by atoms with Gasteiger partial charge in [-0.3, -0.25) is 4.79 Å². The molecule has 4 heteroatoms. The summed E-state index contributed by atoms with van der Waals surface area (Å²) in [5.41, 5.74) is 2.38. The Morgan fingerprint density at radius 1 is 1.40 bits per heavy atom. The lowest BCUT2D eigenvalue weighted by molar-refractivity contribution is -0.132. The van der Waals surface area contributed by atoms with Gasteiger partial charge in [0.25, 0.3) is 0 Å². The largest absolute Gasteiger partial charge is 0.361 e. The van der Waals surface area contributed by atoms with Crippen molar-refractivity contribution in [1.82, 2.24) is 15.2 Å². The highest BCUT2D eigenvalue weighted by Crippen LogP contribution is 2.16. The van der Waals surface area contributed by atoms with Gasteiger partial charge in [-0.2, -0.15) is 0 Å². The number of hydrogen-bond donors (Lipinski definition) is 2. The molecule has 1 atom stereocenters. The average Bonchev–Trinajstić information content (AvgIpc) is 2.92. The van der Waals surface area contributed by atoms with Crippen LogP contribution in [-0.4, -0.2) is 41.5 Å². The molecule has 0 spiro atoms. The molecule has 1 fully saturated rings. The van der Waals surface area contributed by atoms with E-state index in [1.807, 2.05) is 11.1 Å². The number of nitrogens with one attached hydrogen (secondary N) is 2. The van der Waals surface area contributed by atoms with E-state index in [-0.39, 0.29) is 5.91 Å². The molecule has 0 aliphatic carbocycles. The highest BCUT2D eigenvalue weighted by Gasteiger charge is 2.19. The monoisotopic (exact) mass is 271 g/mol. The summed E-state index contributed by atoms with van der Waals surface area (Å²) in [5.74, 6) is 0.271. The molecule has 1 saturated heterocycles. The zero-order valence-corrected chi connectivity index (χ0v) is 11.9. The van der Waals surface area contributed by atoms with Crippen molar-refractivity contribution < 1.29 is 4.79 Å². The van der Waals surface area contributed by atoms with Crippen molar-refractivity contribution in [1.29, 1.82) is 0 Å². The summed E-state index contributed by atoms with van der Waals surface area (Å²) in [4.78, 5) is 17.4. The molecule has 4 nitrogen and oxygen atoms in total. The minimum Gasteiger partial charge on any atom is -0.361 e. The fraction of sp³-hybridized carbons (Fsp3) is 0.438. The van der Waals surface area contributed by atoms with Crippen LogP contribution in [0.4, 0.5) is 0 Å². The van der Waals surface area contributed by atoms with Crippen molar-refractivity contribution in [2.24, 2.45) is 0 Å². The third-order valence-electron chi connectivity index (χ3n) is 3.97. The number of piperazine rings is 1. The number of aromatic nitrogens is 1. The highest BCUT2D eigenvalue weighted by atomic mass is 16.2. The van der Waals surface area contributed by atoms with E-state index in [4.69, 9.17) is 0 Å². The normalized spacial score (nSPS) is 19.4. The van der Waals surface area contributed by atoms with Crippen molar-refractivity contribution in [3.8, 4) is 0 Å². The van der Waals surface area contributed by atoms with E-state index in [0.717, 1.165) is 31.6 Å². The average molecular weight is 271 g/mol. The minimum atomic E-state index is 0.271. The fourth-order valence-corrected chi connectivity index (χ4v) is 2.83. The quantitative estimate of drug-likeness (QED) is 0.896. The van der Waals surface area contributed by atoms with Crippen LogP contribution in [0.5, 0.6) is 0 Å². The Balaban J connectivity index is 1.59. The van der Waals surface area contributed by atoms with Gasteiger partial charge in [0, 0.05) is 43.8 Å². The molecule has 1 aliphatic rings. The van der Waals surface area contributed by atoms with Crippen molar-refractivity contribution >= 4 is 16.8 Å². The van der Waals surface area contributed by atoms with Crippen molar-refractivity contribution in [3.63, 3.8) is 0 Å². The molecule has 20 heavy (non-hydrogen) atoms. The smallest absolute Gasteiger partial charge is 0.222 e. The SMILES string of the molecule is C[C@@H]1CN(C(=O)CCc2ccc3[nH]ccc3c2)CCN1. The summed E-state index contributed by atoms with van der Waals surface area (Å²) < 4.78 is 0. The van der Waals surface area contributed by atoms with Crippen molar-refractivity contribution in [2.45, 2.75) is 25.8 Å². The molecular formula is C16H21N3O. The second-order valence-electron chi connectivity index (χ2n) is 5.59. The predicted molar refractivity (Wildman–Crippen MR) is 80.7 cm³/mol. The van der Waals surface area contributed by atoms with E-state index in [0.29, 0.717) is 12.5 Å². The van der Waals surface area contributed by atoms with E-state index in [2.05, 4.69) is 41.5 Å². The number of H-pyrrole nitrogens is 1. The number of benzene rings is 1. The molecule has 2 aromatic rings. The summed E-state index contributed by atoms with van der Waals surface area (Å²) in [5, 5.41) is 4.57. The number of carbonyl (C=O) groups is 1. The molecule has 0 bridgehead atoms. The number of rotatable bonds is 3. The van der Waals surface area contributed by atoms with Gasteiger partial charge in [-0.15, -0.1) is 0 Å². The number of aryl methyl sites for hydroxylation is 1. The van der Waals surface area contributed by atoms with E-state index < -0.39 is 0 Å². The molecule has 0 radical (unpaired) electrons. The maximum absolute atomic E-state index is 12.2. The number of hydrogen-bond acceptors (Lipinski definition) is 2. The molecule has 1 aliphatic heterocycles. The zero-order chi connectivity index (χ0) is 13.9. The number of carbonyl (C=O) groups excluding carboxylic acids is 1. The predicted octanol–water partition coefficient (Wildman–Crippen LogP) is 1.92. The van der Waals surface area contributed by atoms with Crippen LogP contribution < -0.4 is 5.32 Å². The first kappa shape index (κ1) is 13.2. The van der Waals surface area contributed by atoms with Crippen LogP contribution in [0.15, 0.2) is 30.5 Å². The van der Waals surface area contributed by atoms with Crippen LogP contribution in [-0.2, 0) is 11.2 Å². The molecule has 1 amide bonds. The molecule has 2 N–H and O–H groups in total. The highest BCUT2D eigenvalue weighted by molar-refractivity contribution is 5.80. The van der Waals surface area contributed by atoms with Gasteiger partial charge in [0.1, 0.15) is 0 Å². The Labute approximate surface area is 119 Å². The molecule has 2 heterocycles. The first-order valence-corrected chi connectivity index (χ1v) is 7.29. The standard InChI is InChI=1S/C16H21N3O/c1-12-11-19(9-8-17-12)16(20)5-3-13-2-4-15-14(10-13)6-7-18-15/h2,4,6-7,10,12,17-18H,3,5,8-9,11H2,1H3/t12-/m1/s1. The second kappa shape index (κ2) is 5.67. The molecular weight excluding hydrogens is 250 g/mol. The topological polar surface area (TPSA) is 48.1 Å². The lowest BCUT2D eigenvalue weighted by atomic mass is 10.1. The van der Waals surface area contributed by atoms with Crippen LogP contribution in [0, 0.1) is 0 Å². The van der Waals surface area contributed by atoms with Gasteiger partial charge in [-0.05, 0) is 42.5 Å². The van der Waals surface area contributed by atoms with Gasteiger partial charge in [-0.25, -0.2) is 0 Å². The van der Waals surface area contributed by atoms with E-state index >= 15 is 0 Å². The Bertz CT molecular complexity index is 605. The molecule has 0 saturated carbocycles. The van der Waals surface area contributed by atoms with Crippen LogP contribution >= 0.6 is 0 Å². The fourth-order valence-electron chi connectivity index (χ4n) is 2.83. The van der Waals surface area contributed by atoms with Crippen molar-refractivity contribution in [2.75, 3.05) is 19.6 Å². The van der Waals surface area contributed by atoms with Crippen LogP contribution in [0.2, 0.25) is 0 Å². The molecule has 1 aromatic carbocycles. The first-order chi connectivity index (χ1) is 9.72. The zero-order valence-electron chi connectivity index (χ0n) is 11.9. The molecule has 1 aromatic heterocycles. The Hall–Kier alpha value is -1.81. The van der Waals surface area contributed by atoms with Gasteiger partial charge in [0.2, 0.25) is 5.91 Å². The third-order valence-corrected chi connectivity index (χ3v) is 3.97. The van der Waals surface area contributed by atoms with Gasteiger partial charge in [-0.1, -0.05) is 6.07 Å². The van der Waals surface area contributed by atoms with E-state index in [1.54, 1.807) is 0 Å². The maximum Gasteiger partial charge on any atom is 0.222 e. The molecule has 0 unspecified atom stereocenters. The first-order valence-electron chi connectivity index (χ1n) is 7.29. The summed E-state index contributed by atoms with van der Waals surface area (Å²) >= 11 is 0. The Morgan fingerprint density at radius 3 is 3.15 bits per heavy atom. The lowest BCUT2D eigenvalue weighted by Crippen LogP contribution is -2.51. The van der Waals surface area contributed by atoms with Gasteiger partial charge < -0.3 is 15.2 Å². The summed E-state index contributed by atoms with van der Waals surface area (Å²) in [6.45, 7) is 4.69. The maximum atomic E-state index is 12.2. The molecule has 106 valence electrons. The number of aromatic amines is 1. The lowest BCUT2D eigenvalue weighted by Gasteiger charge is -2.32. The van der Waals surface area contributed by atoms with Crippen LogP contribution in [0.25, 0.3) is 10.9 Å².